The number of hydrogen-bond acceptors (Lipinski definition) is 3. The molecule has 0 unspecified atom stereocenters. The van der Waals surface area contributed by atoms with Crippen LogP contribution in [0.2, 0.25) is 0 Å². The highest BCUT2D eigenvalue weighted by Gasteiger charge is 2.39. The molecule has 0 saturated heterocycles. The average molecular weight is 282 g/mol. The van der Waals surface area contributed by atoms with Gasteiger partial charge in [0.25, 0.3) is 0 Å². The summed E-state index contributed by atoms with van der Waals surface area (Å²) in [5.41, 5.74) is 1.21. The molecule has 1 aliphatic rings. The minimum absolute atomic E-state index is 0.128. The summed E-state index contributed by atoms with van der Waals surface area (Å²) >= 11 is 0. The van der Waals surface area contributed by atoms with Crippen LogP contribution in [-0.2, 0) is 14.8 Å². The van der Waals surface area contributed by atoms with Crippen molar-refractivity contribution in [2.75, 3.05) is 19.8 Å². The predicted molar refractivity (Wildman–Crippen MR) is 73.2 cm³/mol. The standard InChI is InChI=1S/C13H18N2O3S/c1-15(19(2,17)18)9-13(16)14-12-8-11(12)10-6-4-3-5-7-10/h3-7,11-12H,8-9H2,1-2H3,(H,14,16)/t11-,12-/m1/s1. The lowest BCUT2D eigenvalue weighted by Gasteiger charge is -2.13. The lowest BCUT2D eigenvalue weighted by atomic mass is 10.1. The molecule has 0 spiro atoms. The molecule has 0 radical (unpaired) electrons. The van der Waals surface area contributed by atoms with Crippen molar-refractivity contribution in [3.05, 3.63) is 35.9 Å². The van der Waals surface area contributed by atoms with Crippen LogP contribution in [0.15, 0.2) is 30.3 Å². The van der Waals surface area contributed by atoms with E-state index in [2.05, 4.69) is 5.32 Å². The highest BCUT2D eigenvalue weighted by molar-refractivity contribution is 7.88. The molecule has 1 aromatic carbocycles. The Morgan fingerprint density at radius 3 is 2.58 bits per heavy atom. The van der Waals surface area contributed by atoms with Crippen molar-refractivity contribution in [3.8, 4) is 0 Å². The molecular weight excluding hydrogens is 264 g/mol. The molecule has 1 fully saturated rings. The smallest absolute Gasteiger partial charge is 0.235 e. The molecule has 0 bridgehead atoms. The number of nitrogens with zero attached hydrogens (tertiary/aromatic N) is 1. The van der Waals surface area contributed by atoms with E-state index >= 15 is 0 Å². The van der Waals surface area contributed by atoms with Gasteiger partial charge in [-0.15, -0.1) is 0 Å². The normalized spacial score (nSPS) is 22.3. The second kappa shape index (κ2) is 5.30. The van der Waals surface area contributed by atoms with E-state index in [-0.39, 0.29) is 18.5 Å². The molecule has 1 N–H and O–H groups in total. The van der Waals surface area contributed by atoms with E-state index in [9.17, 15) is 13.2 Å². The summed E-state index contributed by atoms with van der Waals surface area (Å²) in [6.07, 6.45) is 2.00. The molecule has 2 rings (SSSR count). The maximum absolute atomic E-state index is 11.7. The first-order valence-corrected chi connectivity index (χ1v) is 7.98. The highest BCUT2D eigenvalue weighted by Crippen LogP contribution is 2.40. The van der Waals surface area contributed by atoms with Gasteiger partial charge in [-0.2, -0.15) is 4.31 Å². The first kappa shape index (κ1) is 14.0. The van der Waals surface area contributed by atoms with Gasteiger partial charge < -0.3 is 5.32 Å². The lowest BCUT2D eigenvalue weighted by molar-refractivity contribution is -0.121. The van der Waals surface area contributed by atoms with Gasteiger partial charge in [0.15, 0.2) is 0 Å². The molecule has 6 heteroatoms. The summed E-state index contributed by atoms with van der Waals surface area (Å²) in [5, 5.41) is 2.86. The second-order valence-corrected chi connectivity index (χ2v) is 7.04. The van der Waals surface area contributed by atoms with Gasteiger partial charge >= 0.3 is 0 Å². The minimum Gasteiger partial charge on any atom is -0.352 e. The molecule has 19 heavy (non-hydrogen) atoms. The van der Waals surface area contributed by atoms with Crippen LogP contribution in [0.3, 0.4) is 0 Å². The minimum atomic E-state index is -3.31. The van der Waals surface area contributed by atoms with Crippen LogP contribution in [0.5, 0.6) is 0 Å². The number of carbonyl (C=O) groups is 1. The fourth-order valence-corrected chi connectivity index (χ4v) is 2.35. The van der Waals surface area contributed by atoms with Crippen molar-refractivity contribution in [1.82, 2.24) is 9.62 Å². The van der Waals surface area contributed by atoms with Crippen LogP contribution in [0.4, 0.5) is 0 Å². The zero-order chi connectivity index (χ0) is 14.0. The van der Waals surface area contributed by atoms with Crippen LogP contribution >= 0.6 is 0 Å². The Morgan fingerprint density at radius 2 is 2.00 bits per heavy atom. The predicted octanol–water partition coefficient (Wildman–Crippen LogP) is 0.550. The molecule has 1 saturated carbocycles. The Balaban J connectivity index is 1.83. The van der Waals surface area contributed by atoms with E-state index < -0.39 is 10.0 Å². The van der Waals surface area contributed by atoms with E-state index in [1.54, 1.807) is 0 Å². The fourth-order valence-electron chi connectivity index (χ4n) is 2.00. The highest BCUT2D eigenvalue weighted by atomic mass is 32.2. The fraction of sp³-hybridized carbons (Fsp3) is 0.462. The van der Waals surface area contributed by atoms with E-state index in [0.29, 0.717) is 5.92 Å². The first-order chi connectivity index (χ1) is 8.88. The van der Waals surface area contributed by atoms with Gasteiger partial charge in [0.05, 0.1) is 12.8 Å². The lowest BCUT2D eigenvalue weighted by Crippen LogP contribution is -2.39. The Morgan fingerprint density at radius 1 is 1.37 bits per heavy atom. The SMILES string of the molecule is CN(CC(=O)N[C@@H]1C[C@@H]1c1ccccc1)S(C)(=O)=O. The number of likely N-dealkylation sites (N-methyl/N-ethyl adjacent to an activating group) is 1. The van der Waals surface area contributed by atoms with Crippen molar-refractivity contribution < 1.29 is 13.2 Å². The number of nitrogens with one attached hydrogen (secondary N) is 1. The zero-order valence-corrected chi connectivity index (χ0v) is 11.9. The third-order valence-corrected chi connectivity index (χ3v) is 4.56. The van der Waals surface area contributed by atoms with Crippen molar-refractivity contribution in [1.29, 1.82) is 0 Å². The molecule has 0 aliphatic heterocycles. The molecule has 0 aromatic heterocycles. The Kier molecular flexibility index (Phi) is 3.91. The Bertz CT molecular complexity index is 557. The number of benzene rings is 1. The van der Waals surface area contributed by atoms with Crippen LogP contribution in [0.1, 0.15) is 17.9 Å². The van der Waals surface area contributed by atoms with Gasteiger partial charge in [0.1, 0.15) is 0 Å². The van der Waals surface area contributed by atoms with Crippen LogP contribution in [-0.4, -0.2) is 44.5 Å². The maximum Gasteiger partial charge on any atom is 0.235 e. The molecule has 2 atom stereocenters. The van der Waals surface area contributed by atoms with E-state index in [0.717, 1.165) is 17.0 Å². The summed E-state index contributed by atoms with van der Waals surface area (Å²) in [4.78, 5) is 11.7. The maximum atomic E-state index is 11.7. The van der Waals surface area contributed by atoms with Crippen LogP contribution < -0.4 is 5.32 Å². The quantitative estimate of drug-likeness (QED) is 0.857. The molecule has 0 heterocycles. The first-order valence-electron chi connectivity index (χ1n) is 6.13. The van der Waals surface area contributed by atoms with Gasteiger partial charge in [-0.25, -0.2) is 8.42 Å². The molecule has 104 valence electrons. The van der Waals surface area contributed by atoms with Crippen LogP contribution in [0, 0.1) is 0 Å². The van der Waals surface area contributed by atoms with E-state index in [4.69, 9.17) is 0 Å². The van der Waals surface area contributed by atoms with Crippen molar-refractivity contribution in [2.45, 2.75) is 18.4 Å². The monoisotopic (exact) mass is 282 g/mol. The molecule has 1 aliphatic carbocycles. The summed E-state index contributed by atoms with van der Waals surface area (Å²) in [5.74, 6) is 0.102. The average Bonchev–Trinajstić information content (AvgIpc) is 3.08. The van der Waals surface area contributed by atoms with E-state index in [1.807, 2.05) is 30.3 Å². The third kappa shape index (κ3) is 3.78. The molecule has 1 amide bonds. The third-order valence-electron chi connectivity index (χ3n) is 3.30. The number of sulfonamides is 1. The van der Waals surface area contributed by atoms with Gasteiger partial charge in [0, 0.05) is 19.0 Å². The zero-order valence-electron chi connectivity index (χ0n) is 11.0. The largest absolute Gasteiger partial charge is 0.352 e. The summed E-state index contributed by atoms with van der Waals surface area (Å²) in [6.45, 7) is -0.128. The number of rotatable bonds is 5. The van der Waals surface area contributed by atoms with Crippen molar-refractivity contribution >= 4 is 15.9 Å². The molecular formula is C13H18N2O3S. The van der Waals surface area contributed by atoms with Crippen molar-refractivity contribution in [3.63, 3.8) is 0 Å². The summed E-state index contributed by atoms with van der Waals surface area (Å²) < 4.78 is 23.4. The Hall–Kier alpha value is -1.40. The number of hydrogen-bond donors (Lipinski definition) is 1. The molecule has 1 aromatic rings. The van der Waals surface area contributed by atoms with Gasteiger partial charge in [-0.3, -0.25) is 4.79 Å². The second-order valence-electron chi connectivity index (χ2n) is 4.95. The van der Waals surface area contributed by atoms with Gasteiger partial charge in [0.2, 0.25) is 15.9 Å². The number of carbonyl (C=O) groups excluding carboxylic acids is 1. The van der Waals surface area contributed by atoms with Gasteiger partial charge in [-0.05, 0) is 12.0 Å². The van der Waals surface area contributed by atoms with Crippen LogP contribution in [0.25, 0.3) is 0 Å². The summed E-state index contributed by atoms with van der Waals surface area (Å²) in [6, 6.07) is 10.1. The molecule has 5 nitrogen and oxygen atoms in total. The topological polar surface area (TPSA) is 66.5 Å². The van der Waals surface area contributed by atoms with Gasteiger partial charge in [-0.1, -0.05) is 30.3 Å². The van der Waals surface area contributed by atoms with E-state index in [1.165, 1.54) is 12.6 Å². The number of amides is 1. The summed E-state index contributed by atoms with van der Waals surface area (Å²) in [7, 11) is -1.91. The Labute approximate surface area is 113 Å². The van der Waals surface area contributed by atoms with Crippen molar-refractivity contribution in [2.24, 2.45) is 0 Å².